The van der Waals surface area contributed by atoms with Gasteiger partial charge < -0.3 is 20.6 Å². The molecule has 3 N–H and O–H groups in total. The predicted molar refractivity (Wildman–Crippen MR) is 125 cm³/mol. The van der Waals surface area contributed by atoms with Crippen molar-refractivity contribution in [2.75, 3.05) is 28.6 Å². The summed E-state index contributed by atoms with van der Waals surface area (Å²) in [5.74, 6) is 1.60. The van der Waals surface area contributed by atoms with E-state index < -0.39 is 0 Å². The number of aliphatic hydroxyl groups is 1. The number of benzene rings is 1. The smallest absolute Gasteiger partial charge is 0.267 e. The second-order valence-electron chi connectivity index (χ2n) is 7.35. The molecule has 8 nitrogen and oxygen atoms in total. The highest BCUT2D eigenvalue weighted by molar-refractivity contribution is 7.17. The summed E-state index contributed by atoms with van der Waals surface area (Å²) in [6, 6.07) is 5.15. The molecule has 0 aliphatic carbocycles. The lowest BCUT2D eigenvalue weighted by Gasteiger charge is -2.17. The van der Waals surface area contributed by atoms with E-state index in [1.807, 2.05) is 17.9 Å². The zero-order valence-corrected chi connectivity index (χ0v) is 18.6. The Morgan fingerprint density at radius 1 is 1.32 bits per heavy atom. The lowest BCUT2D eigenvalue weighted by molar-refractivity contribution is 0.103. The fourth-order valence-corrected chi connectivity index (χ4v) is 4.42. The number of halogens is 1. The van der Waals surface area contributed by atoms with Gasteiger partial charge in [-0.3, -0.25) is 4.79 Å². The van der Waals surface area contributed by atoms with Gasteiger partial charge in [0.05, 0.1) is 23.0 Å². The van der Waals surface area contributed by atoms with E-state index in [1.54, 1.807) is 19.1 Å². The first-order valence-electron chi connectivity index (χ1n) is 9.67. The first kappa shape index (κ1) is 21.5. The maximum atomic E-state index is 12.7. The molecule has 1 aliphatic rings. The standard InChI is InChI=1S/C20H20BClN6O2S/c1-10-5-12(21)6-14(22)18(10)27-19(30)15-8-23-20(31-15)26-16-7-17(25-11(2)24-16)28-4-3-13(29)9-28/h5-8,13,29H,3-4,9H2,1-2H3,(H,27,30)(H,23,24,25,26)/t13-/m0/s1. The molecule has 0 spiro atoms. The molecule has 0 bridgehead atoms. The van der Waals surface area contributed by atoms with E-state index in [-0.39, 0.29) is 12.0 Å². The lowest BCUT2D eigenvalue weighted by Crippen LogP contribution is -2.22. The van der Waals surface area contributed by atoms with Gasteiger partial charge in [0.1, 0.15) is 30.2 Å². The van der Waals surface area contributed by atoms with Gasteiger partial charge >= 0.3 is 0 Å². The van der Waals surface area contributed by atoms with Crippen LogP contribution in [0.1, 0.15) is 27.5 Å². The molecular weight excluding hydrogens is 435 g/mol. The quantitative estimate of drug-likeness (QED) is 0.509. The van der Waals surface area contributed by atoms with Crippen molar-refractivity contribution in [3.63, 3.8) is 0 Å². The first-order chi connectivity index (χ1) is 14.8. The van der Waals surface area contributed by atoms with Crippen LogP contribution in [0.15, 0.2) is 24.4 Å². The Bertz CT molecular complexity index is 1120. The van der Waals surface area contributed by atoms with Crippen molar-refractivity contribution >= 4 is 64.6 Å². The number of β-amino-alcohol motifs (C(OH)–C–C–N with tert-alkyl or cyclic N) is 1. The van der Waals surface area contributed by atoms with E-state index in [4.69, 9.17) is 19.4 Å². The van der Waals surface area contributed by atoms with Crippen LogP contribution in [0.4, 0.5) is 22.5 Å². The summed E-state index contributed by atoms with van der Waals surface area (Å²) in [5, 5.41) is 16.6. The molecule has 1 amide bonds. The molecule has 1 aliphatic heterocycles. The summed E-state index contributed by atoms with van der Waals surface area (Å²) in [7, 11) is 5.78. The minimum atomic E-state index is -0.343. The summed E-state index contributed by atoms with van der Waals surface area (Å²) in [6.07, 6.45) is 1.87. The maximum Gasteiger partial charge on any atom is 0.267 e. The number of rotatable bonds is 5. The molecule has 1 saturated heterocycles. The van der Waals surface area contributed by atoms with Crippen LogP contribution >= 0.6 is 22.9 Å². The number of amides is 1. The van der Waals surface area contributed by atoms with E-state index in [9.17, 15) is 9.90 Å². The number of thiazole rings is 1. The van der Waals surface area contributed by atoms with Gasteiger partial charge in [-0.15, -0.1) is 0 Å². The molecule has 3 heterocycles. The molecule has 2 radical (unpaired) electrons. The molecule has 1 atom stereocenters. The fraction of sp³-hybridized carbons (Fsp3) is 0.300. The van der Waals surface area contributed by atoms with Crippen molar-refractivity contribution in [2.45, 2.75) is 26.4 Å². The Balaban J connectivity index is 1.48. The third-order valence-corrected chi connectivity index (χ3v) is 6.03. The van der Waals surface area contributed by atoms with Crippen molar-refractivity contribution in [1.82, 2.24) is 15.0 Å². The number of carbonyl (C=O) groups excluding carboxylic acids is 1. The second kappa shape index (κ2) is 8.82. The number of aryl methyl sites for hydroxylation is 2. The van der Waals surface area contributed by atoms with Gasteiger partial charge in [0.25, 0.3) is 5.91 Å². The third kappa shape index (κ3) is 4.98. The molecule has 11 heteroatoms. The Morgan fingerprint density at radius 2 is 2.13 bits per heavy atom. The van der Waals surface area contributed by atoms with E-state index in [0.717, 1.165) is 17.9 Å². The third-order valence-electron chi connectivity index (χ3n) is 4.82. The van der Waals surface area contributed by atoms with Crippen LogP contribution < -0.4 is 21.0 Å². The Morgan fingerprint density at radius 3 is 2.84 bits per heavy atom. The molecular formula is C20H20BClN6O2S. The Labute approximate surface area is 190 Å². The van der Waals surface area contributed by atoms with Crippen LogP contribution in [0.5, 0.6) is 0 Å². The van der Waals surface area contributed by atoms with E-state index in [2.05, 4.69) is 25.6 Å². The van der Waals surface area contributed by atoms with Gasteiger partial charge in [0, 0.05) is 19.2 Å². The highest BCUT2D eigenvalue weighted by Crippen LogP contribution is 2.28. The molecule has 2 aromatic heterocycles. The minimum absolute atomic E-state index is 0.314. The molecule has 158 valence electrons. The van der Waals surface area contributed by atoms with Gasteiger partial charge in [-0.1, -0.05) is 34.5 Å². The monoisotopic (exact) mass is 454 g/mol. The van der Waals surface area contributed by atoms with Crippen molar-refractivity contribution < 1.29 is 9.90 Å². The average molecular weight is 455 g/mol. The average Bonchev–Trinajstić information content (AvgIpc) is 3.33. The van der Waals surface area contributed by atoms with Gasteiger partial charge in [0.15, 0.2) is 5.13 Å². The van der Waals surface area contributed by atoms with Gasteiger partial charge in [0.2, 0.25) is 0 Å². The molecule has 0 unspecified atom stereocenters. The molecule has 3 aromatic rings. The Kier molecular flexibility index (Phi) is 6.13. The topological polar surface area (TPSA) is 103 Å². The number of aromatic nitrogens is 3. The summed E-state index contributed by atoms with van der Waals surface area (Å²) >= 11 is 7.42. The molecule has 0 saturated carbocycles. The van der Waals surface area contributed by atoms with Crippen LogP contribution in [0.2, 0.25) is 5.02 Å². The summed E-state index contributed by atoms with van der Waals surface area (Å²) in [4.78, 5) is 28.2. The highest BCUT2D eigenvalue weighted by atomic mass is 35.5. The normalized spacial score (nSPS) is 15.9. The molecule has 1 fully saturated rings. The van der Waals surface area contributed by atoms with Crippen molar-refractivity contribution in [2.24, 2.45) is 0 Å². The SMILES string of the molecule is [B]c1cc(C)c(NC(=O)c2cnc(Nc3cc(N4CC[C@H](O)C4)nc(C)n3)s2)c(Cl)c1. The van der Waals surface area contributed by atoms with Crippen LogP contribution in [0.25, 0.3) is 0 Å². The zero-order valence-electron chi connectivity index (χ0n) is 17.0. The number of hydrogen-bond acceptors (Lipinski definition) is 8. The lowest BCUT2D eigenvalue weighted by atomic mass is 9.94. The van der Waals surface area contributed by atoms with E-state index in [0.29, 0.717) is 50.8 Å². The van der Waals surface area contributed by atoms with E-state index >= 15 is 0 Å². The first-order valence-corrected chi connectivity index (χ1v) is 10.9. The number of hydrogen-bond donors (Lipinski definition) is 3. The van der Waals surface area contributed by atoms with Crippen LogP contribution in [0.3, 0.4) is 0 Å². The van der Waals surface area contributed by atoms with Gasteiger partial charge in [-0.05, 0) is 31.9 Å². The fourth-order valence-electron chi connectivity index (χ4n) is 3.38. The largest absolute Gasteiger partial charge is 0.391 e. The number of nitrogens with one attached hydrogen (secondary N) is 2. The summed E-state index contributed by atoms with van der Waals surface area (Å²) in [6.45, 7) is 4.92. The number of anilines is 4. The Hall–Kier alpha value is -2.69. The zero-order chi connectivity index (χ0) is 22.1. The predicted octanol–water partition coefficient (Wildman–Crippen LogP) is 2.56. The van der Waals surface area contributed by atoms with Crippen molar-refractivity contribution in [1.29, 1.82) is 0 Å². The molecule has 31 heavy (non-hydrogen) atoms. The number of carbonyl (C=O) groups is 1. The van der Waals surface area contributed by atoms with Crippen molar-refractivity contribution in [3.8, 4) is 0 Å². The molecule has 4 rings (SSSR count). The second-order valence-corrected chi connectivity index (χ2v) is 8.79. The maximum absolute atomic E-state index is 12.7. The van der Waals surface area contributed by atoms with Crippen LogP contribution in [0, 0.1) is 13.8 Å². The van der Waals surface area contributed by atoms with Crippen molar-refractivity contribution in [3.05, 3.63) is 45.7 Å². The minimum Gasteiger partial charge on any atom is -0.391 e. The van der Waals surface area contributed by atoms with Crippen LogP contribution in [-0.4, -0.2) is 53.0 Å². The van der Waals surface area contributed by atoms with Crippen LogP contribution in [-0.2, 0) is 0 Å². The van der Waals surface area contributed by atoms with Gasteiger partial charge in [-0.25, -0.2) is 15.0 Å². The highest BCUT2D eigenvalue weighted by Gasteiger charge is 2.22. The van der Waals surface area contributed by atoms with E-state index in [1.165, 1.54) is 17.5 Å². The summed E-state index contributed by atoms with van der Waals surface area (Å²) in [5.41, 5.74) is 1.83. The van der Waals surface area contributed by atoms with Gasteiger partial charge in [-0.2, -0.15) is 0 Å². The number of aliphatic hydroxyl groups excluding tert-OH is 1. The molecule has 1 aromatic carbocycles. The summed E-state index contributed by atoms with van der Waals surface area (Å²) < 4.78 is 0. The number of nitrogens with zero attached hydrogens (tertiary/aromatic N) is 4.